The molecule has 108 valence electrons. The van der Waals surface area contributed by atoms with Gasteiger partial charge in [0, 0.05) is 13.5 Å². The van der Waals surface area contributed by atoms with Gasteiger partial charge < -0.3 is 15.8 Å². The second-order valence-corrected chi connectivity index (χ2v) is 5.81. The van der Waals surface area contributed by atoms with Gasteiger partial charge in [0.2, 0.25) is 5.91 Å². The van der Waals surface area contributed by atoms with Crippen molar-refractivity contribution < 1.29 is 9.53 Å². The van der Waals surface area contributed by atoms with Gasteiger partial charge in [-0.2, -0.15) is 0 Å². The van der Waals surface area contributed by atoms with Crippen LogP contribution in [0.5, 0.6) is 0 Å². The minimum Gasteiger partial charge on any atom is -0.383 e. The molecule has 1 amide bonds. The van der Waals surface area contributed by atoms with Crippen molar-refractivity contribution in [2.24, 2.45) is 23.5 Å². The van der Waals surface area contributed by atoms with E-state index >= 15 is 0 Å². The summed E-state index contributed by atoms with van der Waals surface area (Å²) < 4.78 is 5.12. The zero-order valence-electron chi connectivity index (χ0n) is 12.5. The predicted molar refractivity (Wildman–Crippen MR) is 75.3 cm³/mol. The van der Waals surface area contributed by atoms with Crippen molar-refractivity contribution in [3.63, 3.8) is 0 Å². The number of carbonyl (C=O) groups excluding carboxylic acids is 1. The Morgan fingerprint density at radius 2 is 1.89 bits per heavy atom. The van der Waals surface area contributed by atoms with Crippen LogP contribution in [0.2, 0.25) is 0 Å². The molecule has 0 radical (unpaired) electrons. The normalized spacial score (nSPS) is 14.9. The first kappa shape index (κ1) is 17.4. The van der Waals surface area contributed by atoms with E-state index in [2.05, 4.69) is 33.0 Å². The molecule has 0 aromatic heterocycles. The van der Waals surface area contributed by atoms with E-state index in [1.807, 2.05) is 0 Å². The SMILES string of the molecule is COCC(NC(=O)C[C@@H](CN)CC(C)C)C(C)C. The highest BCUT2D eigenvalue weighted by Gasteiger charge is 2.19. The lowest BCUT2D eigenvalue weighted by Crippen LogP contribution is -2.42. The zero-order chi connectivity index (χ0) is 14.1. The molecule has 0 rings (SSSR count). The van der Waals surface area contributed by atoms with E-state index < -0.39 is 0 Å². The van der Waals surface area contributed by atoms with Crippen LogP contribution in [0.15, 0.2) is 0 Å². The Balaban J connectivity index is 4.20. The predicted octanol–water partition coefficient (Wildman–Crippen LogP) is 1.78. The first-order valence-corrected chi connectivity index (χ1v) is 6.89. The Kier molecular flexibility index (Phi) is 9.02. The van der Waals surface area contributed by atoms with E-state index in [-0.39, 0.29) is 17.9 Å². The largest absolute Gasteiger partial charge is 0.383 e. The Labute approximate surface area is 112 Å². The maximum Gasteiger partial charge on any atom is 0.220 e. The summed E-state index contributed by atoms with van der Waals surface area (Å²) in [6, 6.07) is 0.0833. The lowest BCUT2D eigenvalue weighted by atomic mass is 9.93. The third kappa shape index (κ3) is 7.67. The van der Waals surface area contributed by atoms with Gasteiger partial charge in [0.25, 0.3) is 0 Å². The lowest BCUT2D eigenvalue weighted by Gasteiger charge is -2.23. The summed E-state index contributed by atoms with van der Waals surface area (Å²) in [5.74, 6) is 1.31. The molecule has 0 spiro atoms. The summed E-state index contributed by atoms with van der Waals surface area (Å²) in [5.41, 5.74) is 5.71. The number of nitrogens with one attached hydrogen (secondary N) is 1. The number of methoxy groups -OCH3 is 1. The summed E-state index contributed by atoms with van der Waals surface area (Å²) in [5, 5.41) is 3.04. The van der Waals surface area contributed by atoms with Crippen LogP contribution in [0.25, 0.3) is 0 Å². The number of carbonyl (C=O) groups is 1. The van der Waals surface area contributed by atoms with E-state index in [1.54, 1.807) is 7.11 Å². The van der Waals surface area contributed by atoms with Crippen molar-refractivity contribution >= 4 is 5.91 Å². The molecule has 2 atom stereocenters. The third-order valence-corrected chi connectivity index (χ3v) is 3.11. The molecular weight excluding hydrogens is 228 g/mol. The van der Waals surface area contributed by atoms with Crippen molar-refractivity contribution in [1.29, 1.82) is 0 Å². The van der Waals surface area contributed by atoms with Crippen LogP contribution in [0.3, 0.4) is 0 Å². The second kappa shape index (κ2) is 9.34. The highest BCUT2D eigenvalue weighted by atomic mass is 16.5. The van der Waals surface area contributed by atoms with Crippen LogP contribution in [0.1, 0.15) is 40.5 Å². The molecule has 0 saturated heterocycles. The van der Waals surface area contributed by atoms with Gasteiger partial charge >= 0.3 is 0 Å². The molecule has 0 heterocycles. The average Bonchev–Trinajstić information content (AvgIpc) is 2.26. The molecule has 0 bridgehead atoms. The van der Waals surface area contributed by atoms with Crippen LogP contribution in [-0.4, -0.2) is 32.2 Å². The van der Waals surface area contributed by atoms with E-state index in [9.17, 15) is 4.79 Å². The molecule has 18 heavy (non-hydrogen) atoms. The lowest BCUT2D eigenvalue weighted by molar-refractivity contribution is -0.123. The van der Waals surface area contributed by atoms with E-state index in [0.717, 1.165) is 6.42 Å². The van der Waals surface area contributed by atoms with E-state index in [1.165, 1.54) is 0 Å². The van der Waals surface area contributed by atoms with Gasteiger partial charge in [-0.05, 0) is 30.7 Å². The topological polar surface area (TPSA) is 64.3 Å². The third-order valence-electron chi connectivity index (χ3n) is 3.11. The van der Waals surface area contributed by atoms with E-state index in [0.29, 0.717) is 31.4 Å². The highest BCUT2D eigenvalue weighted by Crippen LogP contribution is 2.14. The van der Waals surface area contributed by atoms with Crippen molar-refractivity contribution in [2.45, 2.75) is 46.6 Å². The van der Waals surface area contributed by atoms with Crippen LogP contribution in [-0.2, 0) is 9.53 Å². The first-order valence-electron chi connectivity index (χ1n) is 6.89. The number of hydrogen-bond donors (Lipinski definition) is 2. The van der Waals surface area contributed by atoms with Gasteiger partial charge in [0.1, 0.15) is 0 Å². The standard InChI is InChI=1S/C14H30N2O2/c1-10(2)6-12(8-15)7-14(17)16-13(9-18-5)11(3)4/h10-13H,6-9,15H2,1-5H3,(H,16,17)/t12-,13?/m0/s1. The molecule has 4 heteroatoms. The first-order chi connectivity index (χ1) is 8.40. The number of hydrogen-bond acceptors (Lipinski definition) is 3. The maximum atomic E-state index is 12.0. The summed E-state index contributed by atoms with van der Waals surface area (Å²) in [7, 11) is 1.66. The second-order valence-electron chi connectivity index (χ2n) is 5.81. The number of ether oxygens (including phenoxy) is 1. The fourth-order valence-electron chi connectivity index (χ4n) is 2.04. The number of rotatable bonds is 9. The Bertz CT molecular complexity index is 230. The van der Waals surface area contributed by atoms with Crippen LogP contribution < -0.4 is 11.1 Å². The van der Waals surface area contributed by atoms with Crippen LogP contribution in [0, 0.1) is 17.8 Å². The minimum atomic E-state index is 0.0833. The molecular formula is C14H30N2O2. The van der Waals surface area contributed by atoms with Crippen LogP contribution in [0.4, 0.5) is 0 Å². The molecule has 0 aliphatic carbocycles. The smallest absolute Gasteiger partial charge is 0.220 e. The van der Waals surface area contributed by atoms with Gasteiger partial charge in [-0.3, -0.25) is 4.79 Å². The Morgan fingerprint density at radius 3 is 2.28 bits per heavy atom. The number of nitrogens with two attached hydrogens (primary N) is 1. The molecule has 0 aromatic rings. The Hall–Kier alpha value is -0.610. The maximum absolute atomic E-state index is 12.0. The number of amides is 1. The molecule has 0 fully saturated rings. The van der Waals surface area contributed by atoms with Crippen molar-refractivity contribution in [2.75, 3.05) is 20.3 Å². The minimum absolute atomic E-state index is 0.0833. The molecule has 1 unspecified atom stereocenters. The molecule has 0 aromatic carbocycles. The van der Waals surface area contributed by atoms with E-state index in [4.69, 9.17) is 10.5 Å². The summed E-state index contributed by atoms with van der Waals surface area (Å²) in [4.78, 5) is 12.0. The zero-order valence-corrected chi connectivity index (χ0v) is 12.5. The van der Waals surface area contributed by atoms with Gasteiger partial charge in [-0.15, -0.1) is 0 Å². The summed E-state index contributed by atoms with van der Waals surface area (Å²) in [6.07, 6.45) is 1.52. The highest BCUT2D eigenvalue weighted by molar-refractivity contribution is 5.76. The van der Waals surface area contributed by atoms with Crippen molar-refractivity contribution in [1.82, 2.24) is 5.32 Å². The molecule has 0 aliphatic rings. The van der Waals surface area contributed by atoms with Gasteiger partial charge in [0.15, 0.2) is 0 Å². The van der Waals surface area contributed by atoms with Gasteiger partial charge in [0.05, 0.1) is 12.6 Å². The van der Waals surface area contributed by atoms with Gasteiger partial charge in [-0.25, -0.2) is 0 Å². The van der Waals surface area contributed by atoms with Crippen LogP contribution >= 0.6 is 0 Å². The van der Waals surface area contributed by atoms with Gasteiger partial charge in [-0.1, -0.05) is 27.7 Å². The summed E-state index contributed by atoms with van der Waals surface area (Å²) in [6.45, 7) is 9.60. The monoisotopic (exact) mass is 258 g/mol. The average molecular weight is 258 g/mol. The molecule has 0 aliphatic heterocycles. The van der Waals surface area contributed by atoms with Crippen molar-refractivity contribution in [3.8, 4) is 0 Å². The Morgan fingerprint density at radius 1 is 1.28 bits per heavy atom. The molecule has 0 saturated carbocycles. The quantitative estimate of drug-likeness (QED) is 0.662. The summed E-state index contributed by atoms with van der Waals surface area (Å²) >= 11 is 0. The molecule has 3 N–H and O–H groups in total. The molecule has 4 nitrogen and oxygen atoms in total. The fourth-order valence-corrected chi connectivity index (χ4v) is 2.04. The van der Waals surface area contributed by atoms with Crippen molar-refractivity contribution in [3.05, 3.63) is 0 Å². The fraction of sp³-hybridized carbons (Fsp3) is 0.929.